The van der Waals surface area contributed by atoms with Crippen LogP contribution in [0, 0.1) is 5.92 Å². The van der Waals surface area contributed by atoms with Gasteiger partial charge in [0.15, 0.2) is 0 Å². The summed E-state index contributed by atoms with van der Waals surface area (Å²) in [5.74, 6) is 1.73. The third-order valence-corrected chi connectivity index (χ3v) is 4.77. The third kappa shape index (κ3) is 3.31. The van der Waals surface area contributed by atoms with Gasteiger partial charge in [0.25, 0.3) is 0 Å². The number of amides is 1. The average Bonchev–Trinajstić information content (AvgIpc) is 2.91. The normalized spacial score (nSPS) is 24.7. The molecule has 2 unspecified atom stereocenters. The van der Waals surface area contributed by atoms with Gasteiger partial charge in [-0.15, -0.1) is 0 Å². The lowest BCUT2D eigenvalue weighted by atomic mass is 9.85. The molecule has 3 rings (SSSR count). The molecule has 1 aromatic carbocycles. The van der Waals surface area contributed by atoms with Crippen LogP contribution in [0.1, 0.15) is 38.5 Å². The van der Waals surface area contributed by atoms with Gasteiger partial charge in [0.2, 0.25) is 5.91 Å². The van der Waals surface area contributed by atoms with Crippen molar-refractivity contribution in [2.45, 2.75) is 44.6 Å². The summed E-state index contributed by atoms with van der Waals surface area (Å²) in [5, 5.41) is 0. The molecule has 1 aliphatic carbocycles. The Labute approximate surface area is 126 Å². The van der Waals surface area contributed by atoms with Gasteiger partial charge in [-0.3, -0.25) is 4.79 Å². The number of rotatable bonds is 4. The highest BCUT2D eigenvalue weighted by Crippen LogP contribution is 2.36. The zero-order chi connectivity index (χ0) is 14.7. The van der Waals surface area contributed by atoms with Crippen LogP contribution in [0.25, 0.3) is 0 Å². The molecule has 2 aliphatic rings. The minimum Gasteiger partial charge on any atom is -0.493 e. The Bertz CT molecular complexity index is 503. The fraction of sp³-hybridized carbons (Fsp3) is 0.588. The molecule has 114 valence electrons. The van der Waals surface area contributed by atoms with Gasteiger partial charge in [0, 0.05) is 24.3 Å². The Morgan fingerprint density at radius 1 is 1.29 bits per heavy atom. The average molecular weight is 288 g/mol. The zero-order valence-electron chi connectivity index (χ0n) is 12.5. The van der Waals surface area contributed by atoms with Gasteiger partial charge >= 0.3 is 0 Å². The second kappa shape index (κ2) is 6.37. The summed E-state index contributed by atoms with van der Waals surface area (Å²) in [4.78, 5) is 14.5. The number of ether oxygens (including phenoxy) is 1. The largest absolute Gasteiger partial charge is 0.493 e. The number of benzene rings is 1. The van der Waals surface area contributed by atoms with E-state index in [2.05, 4.69) is 4.90 Å². The summed E-state index contributed by atoms with van der Waals surface area (Å²) in [7, 11) is 0. The van der Waals surface area contributed by atoms with Crippen LogP contribution in [0.15, 0.2) is 24.3 Å². The Morgan fingerprint density at radius 2 is 2.14 bits per heavy atom. The van der Waals surface area contributed by atoms with E-state index in [1.165, 1.54) is 32.1 Å². The Balaban J connectivity index is 1.48. The van der Waals surface area contributed by atoms with Gasteiger partial charge in [0.05, 0.1) is 13.0 Å². The second-order valence-corrected chi connectivity index (χ2v) is 6.16. The van der Waals surface area contributed by atoms with Gasteiger partial charge in [-0.25, -0.2) is 0 Å². The molecule has 2 fully saturated rings. The van der Waals surface area contributed by atoms with E-state index in [0.29, 0.717) is 24.8 Å². The Morgan fingerprint density at radius 3 is 3.00 bits per heavy atom. The molecule has 1 amide bonds. The van der Waals surface area contributed by atoms with Crippen molar-refractivity contribution in [2.75, 3.05) is 18.9 Å². The lowest BCUT2D eigenvalue weighted by Gasteiger charge is -2.31. The van der Waals surface area contributed by atoms with Crippen molar-refractivity contribution in [1.82, 2.24) is 4.90 Å². The second-order valence-electron chi connectivity index (χ2n) is 6.16. The molecule has 2 N–H and O–H groups in total. The first-order valence-corrected chi connectivity index (χ1v) is 8.02. The van der Waals surface area contributed by atoms with Crippen molar-refractivity contribution >= 4 is 11.6 Å². The van der Waals surface area contributed by atoms with E-state index in [1.54, 1.807) is 6.07 Å². The van der Waals surface area contributed by atoms with Crippen LogP contribution in [0.5, 0.6) is 5.75 Å². The molecule has 2 atom stereocenters. The van der Waals surface area contributed by atoms with E-state index in [0.717, 1.165) is 18.2 Å². The number of nitrogens with zero attached hydrogens (tertiary/aromatic N) is 1. The first kappa shape index (κ1) is 14.2. The Hall–Kier alpha value is -1.71. The molecular formula is C17H24N2O2. The van der Waals surface area contributed by atoms with Crippen LogP contribution in [-0.2, 0) is 4.79 Å². The standard InChI is InChI=1S/C17H24N2O2/c18-14-5-3-6-15(12-14)21-11-9-17(20)19-10-8-13-4-1-2-7-16(13)19/h3,5-6,12-13,16H,1-2,4,7-11,18H2. The lowest BCUT2D eigenvalue weighted by molar-refractivity contribution is -0.133. The molecule has 1 saturated heterocycles. The summed E-state index contributed by atoms with van der Waals surface area (Å²) >= 11 is 0. The van der Waals surface area contributed by atoms with Crippen LogP contribution in [0.2, 0.25) is 0 Å². The topological polar surface area (TPSA) is 55.6 Å². The van der Waals surface area contributed by atoms with Crippen LogP contribution in [0.4, 0.5) is 5.69 Å². The van der Waals surface area contributed by atoms with Crippen molar-refractivity contribution < 1.29 is 9.53 Å². The molecular weight excluding hydrogens is 264 g/mol. The smallest absolute Gasteiger partial charge is 0.226 e. The number of anilines is 1. The molecule has 4 heteroatoms. The number of nitrogens with two attached hydrogens (primary N) is 1. The summed E-state index contributed by atoms with van der Waals surface area (Å²) in [6.07, 6.45) is 6.73. The third-order valence-electron chi connectivity index (χ3n) is 4.77. The highest BCUT2D eigenvalue weighted by molar-refractivity contribution is 5.77. The van der Waals surface area contributed by atoms with Crippen molar-refractivity contribution in [3.63, 3.8) is 0 Å². The van der Waals surface area contributed by atoms with E-state index in [-0.39, 0.29) is 5.91 Å². The number of nitrogen functional groups attached to an aromatic ring is 1. The predicted octanol–water partition coefficient (Wildman–Crippen LogP) is 2.83. The molecule has 0 bridgehead atoms. The fourth-order valence-corrected chi connectivity index (χ4v) is 3.72. The van der Waals surface area contributed by atoms with E-state index >= 15 is 0 Å². The molecule has 0 spiro atoms. The molecule has 4 nitrogen and oxygen atoms in total. The lowest BCUT2D eigenvalue weighted by Crippen LogP contribution is -2.39. The van der Waals surface area contributed by atoms with E-state index in [1.807, 2.05) is 18.2 Å². The Kier molecular flexibility index (Phi) is 4.32. The van der Waals surface area contributed by atoms with Crippen LogP contribution in [-0.4, -0.2) is 30.0 Å². The van der Waals surface area contributed by atoms with E-state index < -0.39 is 0 Å². The van der Waals surface area contributed by atoms with Crippen molar-refractivity contribution in [3.05, 3.63) is 24.3 Å². The SMILES string of the molecule is Nc1cccc(OCCC(=O)N2CCC3CCCCC32)c1. The van der Waals surface area contributed by atoms with Crippen LogP contribution in [0.3, 0.4) is 0 Å². The number of hydrogen-bond acceptors (Lipinski definition) is 3. The quantitative estimate of drug-likeness (QED) is 0.867. The van der Waals surface area contributed by atoms with Crippen LogP contribution < -0.4 is 10.5 Å². The first-order chi connectivity index (χ1) is 10.2. The minimum atomic E-state index is 0.244. The zero-order valence-corrected chi connectivity index (χ0v) is 12.5. The maximum atomic E-state index is 12.4. The van der Waals surface area contributed by atoms with Crippen molar-refractivity contribution in [2.24, 2.45) is 5.92 Å². The molecule has 1 aliphatic heterocycles. The number of carbonyl (C=O) groups excluding carboxylic acids is 1. The van der Waals surface area contributed by atoms with Gasteiger partial charge in [0.1, 0.15) is 5.75 Å². The van der Waals surface area contributed by atoms with Crippen LogP contribution >= 0.6 is 0 Å². The molecule has 0 aromatic heterocycles. The molecule has 1 saturated carbocycles. The summed E-state index contributed by atoms with van der Waals surface area (Å²) in [6, 6.07) is 7.84. The molecule has 1 heterocycles. The van der Waals surface area contributed by atoms with E-state index in [4.69, 9.17) is 10.5 Å². The number of likely N-dealkylation sites (tertiary alicyclic amines) is 1. The number of carbonyl (C=O) groups is 1. The summed E-state index contributed by atoms with van der Waals surface area (Å²) < 4.78 is 5.63. The molecule has 0 radical (unpaired) electrons. The van der Waals surface area contributed by atoms with Gasteiger partial charge in [-0.2, -0.15) is 0 Å². The maximum Gasteiger partial charge on any atom is 0.226 e. The van der Waals surface area contributed by atoms with Gasteiger partial charge in [-0.05, 0) is 37.3 Å². The van der Waals surface area contributed by atoms with Crippen molar-refractivity contribution in [3.8, 4) is 5.75 Å². The van der Waals surface area contributed by atoms with Gasteiger partial charge in [-0.1, -0.05) is 18.9 Å². The molecule has 21 heavy (non-hydrogen) atoms. The highest BCUT2D eigenvalue weighted by atomic mass is 16.5. The van der Waals surface area contributed by atoms with Gasteiger partial charge < -0.3 is 15.4 Å². The number of hydrogen-bond donors (Lipinski definition) is 1. The number of fused-ring (bicyclic) bond motifs is 1. The van der Waals surface area contributed by atoms with Crippen molar-refractivity contribution in [1.29, 1.82) is 0 Å². The highest BCUT2D eigenvalue weighted by Gasteiger charge is 2.37. The first-order valence-electron chi connectivity index (χ1n) is 8.02. The summed E-state index contributed by atoms with van der Waals surface area (Å²) in [6.45, 7) is 1.36. The maximum absolute atomic E-state index is 12.4. The summed E-state index contributed by atoms with van der Waals surface area (Å²) in [5.41, 5.74) is 6.39. The molecule has 1 aromatic rings. The monoisotopic (exact) mass is 288 g/mol. The van der Waals surface area contributed by atoms with E-state index in [9.17, 15) is 4.79 Å². The predicted molar refractivity (Wildman–Crippen MR) is 83.0 cm³/mol. The fourth-order valence-electron chi connectivity index (χ4n) is 3.72. The minimum absolute atomic E-state index is 0.244.